The Bertz CT molecular complexity index is 913. The number of hydrogen-bond acceptors (Lipinski definition) is 4. The van der Waals surface area contributed by atoms with Crippen LogP contribution < -0.4 is 5.56 Å². The van der Waals surface area contributed by atoms with Crippen molar-refractivity contribution in [2.24, 2.45) is 0 Å². The van der Waals surface area contributed by atoms with Crippen LogP contribution in [0.3, 0.4) is 0 Å². The third-order valence-corrected chi connectivity index (χ3v) is 4.23. The summed E-state index contributed by atoms with van der Waals surface area (Å²) in [5.74, 6) is -0.732. The van der Waals surface area contributed by atoms with Crippen LogP contribution in [0.1, 0.15) is 12.5 Å². The Hall–Kier alpha value is -2.47. The molecule has 0 fully saturated rings. The van der Waals surface area contributed by atoms with E-state index in [4.69, 9.17) is 4.74 Å². The molecule has 0 amide bonds. The lowest BCUT2D eigenvalue weighted by Gasteiger charge is -2.05. The number of benzene rings is 2. The fourth-order valence-electron chi connectivity index (χ4n) is 2.13. The van der Waals surface area contributed by atoms with Gasteiger partial charge in [-0.1, -0.05) is 23.7 Å². The molecule has 3 aromatic rings. The van der Waals surface area contributed by atoms with Gasteiger partial charge in [0.2, 0.25) is 0 Å². The van der Waals surface area contributed by atoms with Crippen molar-refractivity contribution < 1.29 is 13.9 Å². The van der Waals surface area contributed by atoms with Gasteiger partial charge in [-0.15, -0.1) is 0 Å². The van der Waals surface area contributed by atoms with Crippen molar-refractivity contribution in [1.82, 2.24) is 3.96 Å². The Kier molecular flexibility index (Phi) is 3.77. The Morgan fingerprint density at radius 2 is 2.09 bits per heavy atom. The first kappa shape index (κ1) is 14.5. The summed E-state index contributed by atoms with van der Waals surface area (Å²) in [4.78, 5) is 23.2. The molecule has 0 saturated carbocycles. The van der Waals surface area contributed by atoms with Crippen LogP contribution in [0, 0.1) is 5.82 Å². The second-order valence-electron chi connectivity index (χ2n) is 4.78. The van der Waals surface area contributed by atoms with Gasteiger partial charge >= 0.3 is 5.97 Å². The Balaban J connectivity index is 2.04. The number of carbonyl (C=O) groups is 1. The SMILES string of the molecule is CC(=O)OCc1cccc(-n2sc3cc(F)ccc3c2=O)c1. The molecule has 112 valence electrons. The Labute approximate surface area is 129 Å². The topological polar surface area (TPSA) is 48.3 Å². The second-order valence-corrected chi connectivity index (χ2v) is 5.77. The number of esters is 1. The summed E-state index contributed by atoms with van der Waals surface area (Å²) in [7, 11) is 0. The summed E-state index contributed by atoms with van der Waals surface area (Å²) in [5.41, 5.74) is 1.25. The summed E-state index contributed by atoms with van der Waals surface area (Å²) in [6, 6.07) is 11.3. The predicted molar refractivity (Wildman–Crippen MR) is 82.9 cm³/mol. The standard InChI is InChI=1S/C16H12FNO3S/c1-10(19)21-9-11-3-2-4-13(7-11)18-16(20)14-6-5-12(17)8-15(14)22-18/h2-8H,9H2,1H3. The highest BCUT2D eigenvalue weighted by molar-refractivity contribution is 7.14. The highest BCUT2D eigenvalue weighted by Crippen LogP contribution is 2.21. The van der Waals surface area contributed by atoms with Gasteiger partial charge in [0.1, 0.15) is 12.4 Å². The Morgan fingerprint density at radius 3 is 2.86 bits per heavy atom. The molecule has 1 heterocycles. The molecule has 0 radical (unpaired) electrons. The van der Waals surface area contributed by atoms with Crippen molar-refractivity contribution >= 4 is 27.6 Å². The third-order valence-electron chi connectivity index (χ3n) is 3.14. The van der Waals surface area contributed by atoms with E-state index in [1.807, 2.05) is 6.07 Å². The number of aromatic nitrogens is 1. The van der Waals surface area contributed by atoms with Crippen LogP contribution in [0.4, 0.5) is 4.39 Å². The average Bonchev–Trinajstić information content (AvgIpc) is 2.82. The number of fused-ring (bicyclic) bond motifs is 1. The molecule has 0 atom stereocenters. The Morgan fingerprint density at radius 1 is 1.27 bits per heavy atom. The molecular weight excluding hydrogens is 305 g/mol. The molecule has 22 heavy (non-hydrogen) atoms. The van der Waals surface area contributed by atoms with Crippen molar-refractivity contribution in [3.05, 3.63) is 64.2 Å². The van der Waals surface area contributed by atoms with Crippen LogP contribution in [-0.4, -0.2) is 9.93 Å². The van der Waals surface area contributed by atoms with E-state index in [2.05, 4.69) is 0 Å². The van der Waals surface area contributed by atoms with Crippen LogP contribution in [0.2, 0.25) is 0 Å². The highest BCUT2D eigenvalue weighted by atomic mass is 32.1. The van der Waals surface area contributed by atoms with E-state index in [1.54, 1.807) is 18.2 Å². The summed E-state index contributed by atoms with van der Waals surface area (Å²) in [5, 5.41) is 0.483. The van der Waals surface area contributed by atoms with Crippen molar-refractivity contribution in [2.75, 3.05) is 0 Å². The van der Waals surface area contributed by atoms with Crippen LogP contribution in [0.5, 0.6) is 0 Å². The number of hydrogen-bond donors (Lipinski definition) is 0. The first-order valence-corrected chi connectivity index (χ1v) is 7.36. The van der Waals surface area contributed by atoms with Crippen LogP contribution >= 0.6 is 11.5 Å². The van der Waals surface area contributed by atoms with Crippen LogP contribution in [0.25, 0.3) is 15.8 Å². The molecule has 0 spiro atoms. The molecule has 0 aliphatic carbocycles. The maximum absolute atomic E-state index is 13.3. The van der Waals surface area contributed by atoms with Gasteiger partial charge in [0, 0.05) is 6.92 Å². The van der Waals surface area contributed by atoms with Gasteiger partial charge in [-0.25, -0.2) is 8.35 Å². The predicted octanol–water partition coefficient (Wildman–Crippen LogP) is 3.25. The van der Waals surface area contributed by atoms with Gasteiger partial charge < -0.3 is 4.74 Å². The molecule has 2 aromatic carbocycles. The van der Waals surface area contributed by atoms with Crippen molar-refractivity contribution in [3.63, 3.8) is 0 Å². The lowest BCUT2D eigenvalue weighted by Crippen LogP contribution is -2.11. The zero-order chi connectivity index (χ0) is 15.7. The average molecular weight is 317 g/mol. The minimum Gasteiger partial charge on any atom is -0.461 e. The van der Waals surface area contributed by atoms with Crippen molar-refractivity contribution in [3.8, 4) is 5.69 Å². The molecular formula is C16H12FNO3S. The maximum atomic E-state index is 13.3. The van der Waals surface area contributed by atoms with E-state index in [9.17, 15) is 14.0 Å². The lowest BCUT2D eigenvalue weighted by molar-refractivity contribution is -0.142. The fraction of sp³-hybridized carbons (Fsp3) is 0.125. The zero-order valence-corrected chi connectivity index (χ0v) is 12.5. The fourth-order valence-corrected chi connectivity index (χ4v) is 3.14. The molecule has 3 rings (SSSR count). The first-order chi connectivity index (χ1) is 10.5. The summed E-state index contributed by atoms with van der Waals surface area (Å²) in [6.45, 7) is 1.49. The quantitative estimate of drug-likeness (QED) is 0.697. The summed E-state index contributed by atoms with van der Waals surface area (Å²) in [6.07, 6.45) is 0. The molecule has 0 saturated heterocycles. The van der Waals surface area contributed by atoms with Gasteiger partial charge in [0.25, 0.3) is 5.56 Å². The monoisotopic (exact) mass is 317 g/mol. The number of nitrogens with zero attached hydrogens (tertiary/aromatic N) is 1. The number of rotatable bonds is 3. The molecule has 0 N–H and O–H groups in total. The molecule has 0 unspecified atom stereocenters. The minimum atomic E-state index is -0.371. The molecule has 1 aromatic heterocycles. The number of halogens is 1. The van der Waals surface area contributed by atoms with E-state index in [1.165, 1.54) is 40.6 Å². The molecule has 0 aliphatic heterocycles. The summed E-state index contributed by atoms with van der Waals surface area (Å²) >= 11 is 1.18. The van der Waals surface area contributed by atoms with Gasteiger partial charge in [0.15, 0.2) is 0 Å². The smallest absolute Gasteiger partial charge is 0.302 e. The summed E-state index contributed by atoms with van der Waals surface area (Å²) < 4.78 is 20.3. The lowest BCUT2D eigenvalue weighted by atomic mass is 10.2. The normalized spacial score (nSPS) is 10.8. The maximum Gasteiger partial charge on any atom is 0.302 e. The van der Waals surface area contributed by atoms with Crippen molar-refractivity contribution in [1.29, 1.82) is 0 Å². The molecule has 6 heteroatoms. The van der Waals surface area contributed by atoms with Gasteiger partial charge in [-0.3, -0.25) is 9.59 Å². The third kappa shape index (κ3) is 2.78. The van der Waals surface area contributed by atoms with E-state index >= 15 is 0 Å². The van der Waals surface area contributed by atoms with E-state index < -0.39 is 0 Å². The number of ether oxygens (including phenoxy) is 1. The number of carbonyl (C=O) groups excluding carboxylic acids is 1. The van der Waals surface area contributed by atoms with Gasteiger partial charge in [-0.05, 0) is 35.9 Å². The highest BCUT2D eigenvalue weighted by Gasteiger charge is 2.10. The second kappa shape index (κ2) is 5.73. The largest absolute Gasteiger partial charge is 0.461 e. The molecule has 4 nitrogen and oxygen atoms in total. The molecule has 0 aliphatic rings. The van der Waals surface area contributed by atoms with E-state index in [-0.39, 0.29) is 24.0 Å². The van der Waals surface area contributed by atoms with Gasteiger partial charge in [-0.2, -0.15) is 0 Å². The minimum absolute atomic E-state index is 0.150. The first-order valence-electron chi connectivity index (χ1n) is 6.59. The zero-order valence-electron chi connectivity index (χ0n) is 11.7. The van der Waals surface area contributed by atoms with E-state index in [0.717, 1.165) is 5.56 Å². The van der Waals surface area contributed by atoms with E-state index in [0.29, 0.717) is 15.8 Å². The van der Waals surface area contributed by atoms with Gasteiger partial charge in [0.05, 0.1) is 15.8 Å². The van der Waals surface area contributed by atoms with Crippen LogP contribution in [0.15, 0.2) is 47.3 Å². The molecule has 0 bridgehead atoms. The van der Waals surface area contributed by atoms with Crippen molar-refractivity contribution in [2.45, 2.75) is 13.5 Å². The van der Waals surface area contributed by atoms with Crippen LogP contribution in [-0.2, 0) is 16.1 Å².